The van der Waals surface area contributed by atoms with Gasteiger partial charge in [-0.2, -0.15) is 5.10 Å². The Labute approximate surface area is 93.3 Å². The van der Waals surface area contributed by atoms with Gasteiger partial charge in [0.25, 0.3) is 0 Å². The molecule has 1 aromatic heterocycles. The number of aliphatic carboxylic acids is 1. The van der Waals surface area contributed by atoms with Crippen molar-refractivity contribution in [1.29, 1.82) is 0 Å². The SMILES string of the molecule is Cc1cc(C)n(CC(=O)NCCC(=O)O)n1. The number of amides is 1. The second kappa shape index (κ2) is 5.29. The van der Waals surface area contributed by atoms with Crippen molar-refractivity contribution in [2.45, 2.75) is 26.8 Å². The molecule has 0 aromatic carbocycles. The predicted octanol–water partition coefficient (Wildman–Crippen LogP) is 0.0908. The molecule has 2 N–H and O–H groups in total. The second-order valence-electron chi connectivity index (χ2n) is 3.58. The number of carboxylic acid groups (broad SMARTS) is 1. The monoisotopic (exact) mass is 225 g/mol. The van der Waals surface area contributed by atoms with Gasteiger partial charge in [0, 0.05) is 12.2 Å². The molecule has 88 valence electrons. The van der Waals surface area contributed by atoms with E-state index in [1.807, 2.05) is 19.9 Å². The zero-order valence-electron chi connectivity index (χ0n) is 9.36. The number of aromatic nitrogens is 2. The maximum Gasteiger partial charge on any atom is 0.305 e. The van der Waals surface area contributed by atoms with Crippen LogP contribution in [0.15, 0.2) is 6.07 Å². The van der Waals surface area contributed by atoms with Gasteiger partial charge >= 0.3 is 5.97 Å². The van der Waals surface area contributed by atoms with Gasteiger partial charge in [0.15, 0.2) is 0 Å². The Morgan fingerprint density at radius 1 is 1.50 bits per heavy atom. The van der Waals surface area contributed by atoms with Crippen molar-refractivity contribution in [2.75, 3.05) is 6.54 Å². The van der Waals surface area contributed by atoms with Crippen LogP contribution in [0.4, 0.5) is 0 Å². The molecule has 0 spiro atoms. The van der Waals surface area contributed by atoms with Crippen LogP contribution >= 0.6 is 0 Å². The highest BCUT2D eigenvalue weighted by Gasteiger charge is 2.07. The molecule has 6 nitrogen and oxygen atoms in total. The summed E-state index contributed by atoms with van der Waals surface area (Å²) in [4.78, 5) is 21.6. The average Bonchev–Trinajstić information content (AvgIpc) is 2.44. The molecule has 0 bridgehead atoms. The molecule has 1 rings (SSSR count). The highest BCUT2D eigenvalue weighted by molar-refractivity contribution is 5.76. The van der Waals surface area contributed by atoms with Gasteiger partial charge in [0.1, 0.15) is 6.54 Å². The largest absolute Gasteiger partial charge is 0.481 e. The highest BCUT2D eigenvalue weighted by Crippen LogP contribution is 2.00. The Morgan fingerprint density at radius 3 is 2.69 bits per heavy atom. The van der Waals surface area contributed by atoms with Crippen molar-refractivity contribution in [3.8, 4) is 0 Å². The van der Waals surface area contributed by atoms with E-state index in [1.165, 1.54) is 0 Å². The lowest BCUT2D eigenvalue weighted by Crippen LogP contribution is -2.30. The first-order valence-corrected chi connectivity index (χ1v) is 4.98. The van der Waals surface area contributed by atoms with Gasteiger partial charge in [0.2, 0.25) is 5.91 Å². The lowest BCUT2D eigenvalue weighted by Gasteiger charge is -2.05. The van der Waals surface area contributed by atoms with Crippen molar-refractivity contribution in [3.05, 3.63) is 17.5 Å². The lowest BCUT2D eigenvalue weighted by molar-refractivity contribution is -0.136. The van der Waals surface area contributed by atoms with Crippen molar-refractivity contribution in [3.63, 3.8) is 0 Å². The van der Waals surface area contributed by atoms with E-state index in [0.29, 0.717) is 0 Å². The first-order valence-electron chi connectivity index (χ1n) is 4.98. The van der Waals surface area contributed by atoms with Gasteiger partial charge in [0.05, 0.1) is 12.1 Å². The van der Waals surface area contributed by atoms with Gasteiger partial charge in [-0.15, -0.1) is 0 Å². The fourth-order valence-electron chi connectivity index (χ4n) is 1.34. The van der Waals surface area contributed by atoms with E-state index in [1.54, 1.807) is 4.68 Å². The molecule has 1 heterocycles. The molecule has 6 heteroatoms. The van der Waals surface area contributed by atoms with Crippen LogP contribution in [0.3, 0.4) is 0 Å². The summed E-state index contributed by atoms with van der Waals surface area (Å²) in [5.74, 6) is -1.15. The van der Waals surface area contributed by atoms with Crippen LogP contribution < -0.4 is 5.32 Å². The number of aryl methyl sites for hydroxylation is 2. The first-order chi connectivity index (χ1) is 7.49. The summed E-state index contributed by atoms with van der Waals surface area (Å²) in [5, 5.41) is 15.0. The van der Waals surface area contributed by atoms with Gasteiger partial charge in [-0.1, -0.05) is 0 Å². The van der Waals surface area contributed by atoms with Crippen molar-refractivity contribution >= 4 is 11.9 Å². The Balaban J connectivity index is 2.40. The Kier molecular flexibility index (Phi) is 4.04. The molecular formula is C10H15N3O3. The Hall–Kier alpha value is -1.85. The molecule has 0 saturated heterocycles. The molecule has 1 aromatic rings. The molecule has 0 fully saturated rings. The minimum atomic E-state index is -0.925. The number of carbonyl (C=O) groups is 2. The van der Waals surface area contributed by atoms with Gasteiger partial charge < -0.3 is 10.4 Å². The number of nitrogens with zero attached hydrogens (tertiary/aromatic N) is 2. The summed E-state index contributed by atoms with van der Waals surface area (Å²) in [6.07, 6.45) is -0.0666. The maximum absolute atomic E-state index is 11.4. The quantitative estimate of drug-likeness (QED) is 0.743. The topological polar surface area (TPSA) is 84.2 Å². The fourth-order valence-corrected chi connectivity index (χ4v) is 1.34. The van der Waals surface area contributed by atoms with Crippen LogP contribution in [0.1, 0.15) is 17.8 Å². The minimum absolute atomic E-state index is 0.0666. The summed E-state index contributed by atoms with van der Waals surface area (Å²) in [6, 6.07) is 1.88. The van der Waals surface area contributed by atoms with E-state index in [0.717, 1.165) is 11.4 Å². The molecule has 16 heavy (non-hydrogen) atoms. The first kappa shape index (κ1) is 12.2. The molecule has 0 atom stereocenters. The molecule has 1 amide bonds. The molecule has 0 radical (unpaired) electrons. The summed E-state index contributed by atoms with van der Waals surface area (Å²) in [5.41, 5.74) is 1.77. The standard InChI is InChI=1S/C10H15N3O3/c1-7-5-8(2)13(12-7)6-9(14)11-4-3-10(15)16/h5H,3-4,6H2,1-2H3,(H,11,14)(H,15,16). The highest BCUT2D eigenvalue weighted by atomic mass is 16.4. The average molecular weight is 225 g/mol. The molecule has 0 saturated carbocycles. The molecule has 0 aliphatic heterocycles. The Bertz CT molecular complexity index is 398. The minimum Gasteiger partial charge on any atom is -0.481 e. The van der Waals surface area contributed by atoms with Crippen molar-refractivity contribution in [2.24, 2.45) is 0 Å². The van der Waals surface area contributed by atoms with Gasteiger partial charge in [-0.05, 0) is 19.9 Å². The van der Waals surface area contributed by atoms with Crippen LogP contribution in [-0.2, 0) is 16.1 Å². The molecular weight excluding hydrogens is 210 g/mol. The molecule has 0 aliphatic rings. The fraction of sp³-hybridized carbons (Fsp3) is 0.500. The maximum atomic E-state index is 11.4. The van der Waals surface area contributed by atoms with E-state index >= 15 is 0 Å². The lowest BCUT2D eigenvalue weighted by atomic mass is 10.4. The number of hydrogen-bond acceptors (Lipinski definition) is 3. The molecule has 0 unspecified atom stereocenters. The van der Waals surface area contributed by atoms with Crippen LogP contribution in [0.2, 0.25) is 0 Å². The van der Waals surface area contributed by atoms with Crippen LogP contribution in [0.5, 0.6) is 0 Å². The second-order valence-corrected chi connectivity index (χ2v) is 3.58. The number of hydrogen-bond donors (Lipinski definition) is 2. The third kappa shape index (κ3) is 3.72. The van der Waals surface area contributed by atoms with Crippen LogP contribution in [0.25, 0.3) is 0 Å². The normalized spacial score (nSPS) is 10.1. The number of carboxylic acids is 1. The summed E-state index contributed by atoms with van der Waals surface area (Å²) in [7, 11) is 0. The zero-order chi connectivity index (χ0) is 12.1. The zero-order valence-corrected chi connectivity index (χ0v) is 9.36. The van der Waals surface area contributed by atoms with Crippen molar-refractivity contribution in [1.82, 2.24) is 15.1 Å². The molecule has 0 aliphatic carbocycles. The Morgan fingerprint density at radius 2 is 2.19 bits per heavy atom. The van der Waals surface area contributed by atoms with Gasteiger partial charge in [-0.3, -0.25) is 14.3 Å². The summed E-state index contributed by atoms with van der Waals surface area (Å²) < 4.78 is 1.59. The van der Waals surface area contributed by atoms with E-state index in [2.05, 4.69) is 10.4 Å². The van der Waals surface area contributed by atoms with E-state index in [-0.39, 0.29) is 25.4 Å². The number of nitrogens with one attached hydrogen (secondary N) is 1. The van der Waals surface area contributed by atoms with E-state index in [4.69, 9.17) is 5.11 Å². The predicted molar refractivity (Wildman–Crippen MR) is 57.0 cm³/mol. The third-order valence-corrected chi connectivity index (χ3v) is 2.06. The van der Waals surface area contributed by atoms with Crippen LogP contribution in [-0.4, -0.2) is 33.3 Å². The van der Waals surface area contributed by atoms with Crippen LogP contribution in [0, 0.1) is 13.8 Å². The van der Waals surface area contributed by atoms with E-state index in [9.17, 15) is 9.59 Å². The van der Waals surface area contributed by atoms with Gasteiger partial charge in [-0.25, -0.2) is 0 Å². The number of rotatable bonds is 5. The third-order valence-electron chi connectivity index (χ3n) is 2.06. The summed E-state index contributed by atoms with van der Waals surface area (Å²) >= 11 is 0. The van der Waals surface area contributed by atoms with E-state index < -0.39 is 5.97 Å². The summed E-state index contributed by atoms with van der Waals surface area (Å²) in [6.45, 7) is 3.99. The van der Waals surface area contributed by atoms with Crippen molar-refractivity contribution < 1.29 is 14.7 Å². The number of carbonyl (C=O) groups excluding carboxylic acids is 1. The smallest absolute Gasteiger partial charge is 0.305 e.